The van der Waals surface area contributed by atoms with Gasteiger partial charge in [0.15, 0.2) is 0 Å². The number of halogens is 1. The Morgan fingerprint density at radius 1 is 1.73 bits per heavy atom. The molecule has 1 aromatic heterocycles. The fourth-order valence-corrected chi connectivity index (χ4v) is 1.14. The fraction of sp³-hybridized carbons (Fsp3) is 0.125. The quantitative estimate of drug-likeness (QED) is 0.603. The first kappa shape index (κ1) is 8.43. The molecule has 0 unspecified atom stereocenters. The zero-order valence-corrected chi connectivity index (χ0v) is 7.58. The average molecular weight is 213 g/mol. The molecule has 1 heterocycles. The third kappa shape index (κ3) is 2.13. The normalized spacial score (nSPS) is 12.5. The summed E-state index contributed by atoms with van der Waals surface area (Å²) in [6, 6.07) is 3.65. The summed E-state index contributed by atoms with van der Waals surface area (Å²) in [5.74, 6) is 0. The van der Waals surface area contributed by atoms with Crippen LogP contribution < -0.4 is 5.73 Å². The lowest BCUT2D eigenvalue weighted by molar-refractivity contribution is 0.907. The van der Waals surface area contributed by atoms with E-state index in [1.54, 1.807) is 12.3 Å². The van der Waals surface area contributed by atoms with Gasteiger partial charge in [-0.15, -0.1) is 6.58 Å². The molecular weight excluding hydrogens is 204 g/mol. The highest BCUT2D eigenvalue weighted by Gasteiger charge is 2.00. The minimum atomic E-state index is -0.103. The second-order valence-corrected chi connectivity index (χ2v) is 2.99. The van der Waals surface area contributed by atoms with Crippen molar-refractivity contribution in [1.82, 2.24) is 4.98 Å². The van der Waals surface area contributed by atoms with Gasteiger partial charge < -0.3 is 5.73 Å². The third-order valence-corrected chi connectivity index (χ3v) is 1.82. The molecule has 0 spiro atoms. The molecule has 0 saturated heterocycles. The van der Waals surface area contributed by atoms with Gasteiger partial charge in [-0.2, -0.15) is 0 Å². The Hall–Kier alpha value is -0.670. The van der Waals surface area contributed by atoms with Gasteiger partial charge in [-0.3, -0.25) is 0 Å². The number of rotatable bonds is 2. The van der Waals surface area contributed by atoms with Crippen LogP contribution in [0.3, 0.4) is 0 Å². The largest absolute Gasteiger partial charge is 0.321 e. The first-order valence-corrected chi connectivity index (χ1v) is 4.03. The van der Waals surface area contributed by atoms with Gasteiger partial charge in [0.1, 0.15) is 4.60 Å². The molecule has 1 atom stereocenters. The second-order valence-electron chi connectivity index (χ2n) is 2.17. The van der Waals surface area contributed by atoms with Crippen LogP contribution in [0.1, 0.15) is 11.6 Å². The molecule has 0 aliphatic carbocycles. The van der Waals surface area contributed by atoms with Crippen molar-refractivity contribution in [2.75, 3.05) is 0 Å². The summed E-state index contributed by atoms with van der Waals surface area (Å²) in [7, 11) is 0. The molecule has 1 aromatic rings. The second kappa shape index (κ2) is 3.64. The van der Waals surface area contributed by atoms with Crippen LogP contribution in [-0.2, 0) is 0 Å². The van der Waals surface area contributed by atoms with Gasteiger partial charge in [0.2, 0.25) is 0 Å². The maximum Gasteiger partial charge on any atom is 0.106 e. The molecular formula is C8H9BrN2. The number of hydrogen-bond donors (Lipinski definition) is 1. The predicted octanol–water partition coefficient (Wildman–Crippen LogP) is 2.03. The molecule has 0 fully saturated rings. The Morgan fingerprint density at radius 2 is 2.45 bits per heavy atom. The molecule has 11 heavy (non-hydrogen) atoms. The summed E-state index contributed by atoms with van der Waals surface area (Å²) in [6.07, 6.45) is 3.41. The van der Waals surface area contributed by atoms with Gasteiger partial charge in [-0.05, 0) is 33.6 Å². The zero-order valence-electron chi connectivity index (χ0n) is 6.00. The monoisotopic (exact) mass is 212 g/mol. The van der Waals surface area contributed by atoms with E-state index in [1.165, 1.54) is 0 Å². The van der Waals surface area contributed by atoms with Crippen molar-refractivity contribution in [2.24, 2.45) is 5.73 Å². The van der Waals surface area contributed by atoms with Crippen molar-refractivity contribution < 1.29 is 0 Å². The first-order chi connectivity index (χ1) is 5.24. The molecule has 3 heteroatoms. The van der Waals surface area contributed by atoms with Crippen molar-refractivity contribution in [1.29, 1.82) is 0 Å². The van der Waals surface area contributed by atoms with Crippen LogP contribution in [0.4, 0.5) is 0 Å². The highest BCUT2D eigenvalue weighted by molar-refractivity contribution is 9.10. The molecule has 0 amide bonds. The molecule has 0 radical (unpaired) electrons. The smallest absolute Gasteiger partial charge is 0.106 e. The molecule has 0 aromatic carbocycles. The van der Waals surface area contributed by atoms with E-state index in [1.807, 2.05) is 12.1 Å². The highest BCUT2D eigenvalue weighted by atomic mass is 79.9. The van der Waals surface area contributed by atoms with Crippen molar-refractivity contribution in [3.8, 4) is 0 Å². The summed E-state index contributed by atoms with van der Waals surface area (Å²) in [4.78, 5) is 3.98. The SMILES string of the molecule is C=C[C@@H](N)c1ccnc(Br)c1. The summed E-state index contributed by atoms with van der Waals surface area (Å²) >= 11 is 3.26. The van der Waals surface area contributed by atoms with Crippen molar-refractivity contribution >= 4 is 15.9 Å². The van der Waals surface area contributed by atoms with E-state index in [2.05, 4.69) is 27.5 Å². The summed E-state index contributed by atoms with van der Waals surface area (Å²) < 4.78 is 0.798. The molecule has 0 saturated carbocycles. The van der Waals surface area contributed by atoms with Crippen LogP contribution in [0.5, 0.6) is 0 Å². The zero-order chi connectivity index (χ0) is 8.27. The Morgan fingerprint density at radius 3 is 3.00 bits per heavy atom. The van der Waals surface area contributed by atoms with Gasteiger partial charge in [0, 0.05) is 12.2 Å². The Kier molecular flexibility index (Phi) is 2.79. The molecule has 2 nitrogen and oxygen atoms in total. The maximum atomic E-state index is 5.70. The van der Waals surface area contributed by atoms with E-state index in [0.29, 0.717) is 0 Å². The maximum absolute atomic E-state index is 5.70. The lowest BCUT2D eigenvalue weighted by Gasteiger charge is -2.04. The Bertz CT molecular complexity index is 260. The number of nitrogens with two attached hydrogens (primary N) is 1. The number of nitrogens with zero attached hydrogens (tertiary/aromatic N) is 1. The summed E-state index contributed by atoms with van der Waals surface area (Å²) in [6.45, 7) is 3.61. The van der Waals surface area contributed by atoms with E-state index in [4.69, 9.17) is 5.73 Å². The number of hydrogen-bond acceptors (Lipinski definition) is 2. The van der Waals surface area contributed by atoms with Crippen LogP contribution in [-0.4, -0.2) is 4.98 Å². The molecule has 58 valence electrons. The lowest BCUT2D eigenvalue weighted by Crippen LogP contribution is -2.06. The summed E-state index contributed by atoms with van der Waals surface area (Å²) in [5, 5.41) is 0. The minimum absolute atomic E-state index is 0.103. The Balaban J connectivity index is 2.95. The molecule has 2 N–H and O–H groups in total. The fourth-order valence-electron chi connectivity index (χ4n) is 0.761. The number of pyridine rings is 1. The lowest BCUT2D eigenvalue weighted by atomic mass is 10.1. The summed E-state index contributed by atoms with van der Waals surface area (Å²) in [5.41, 5.74) is 6.71. The molecule has 0 aliphatic rings. The van der Waals surface area contributed by atoms with E-state index < -0.39 is 0 Å². The van der Waals surface area contributed by atoms with Crippen LogP contribution in [0.15, 0.2) is 35.6 Å². The van der Waals surface area contributed by atoms with Crippen molar-refractivity contribution in [3.63, 3.8) is 0 Å². The predicted molar refractivity (Wildman–Crippen MR) is 49.1 cm³/mol. The van der Waals surface area contributed by atoms with Crippen LogP contribution >= 0.6 is 15.9 Å². The van der Waals surface area contributed by atoms with E-state index in [0.717, 1.165) is 10.2 Å². The van der Waals surface area contributed by atoms with E-state index >= 15 is 0 Å². The number of aromatic nitrogens is 1. The minimum Gasteiger partial charge on any atom is -0.321 e. The van der Waals surface area contributed by atoms with Crippen LogP contribution in [0, 0.1) is 0 Å². The van der Waals surface area contributed by atoms with Gasteiger partial charge in [-0.25, -0.2) is 4.98 Å². The topological polar surface area (TPSA) is 38.9 Å². The molecule has 0 aliphatic heterocycles. The molecule has 0 bridgehead atoms. The van der Waals surface area contributed by atoms with Crippen LogP contribution in [0.25, 0.3) is 0 Å². The van der Waals surface area contributed by atoms with E-state index in [9.17, 15) is 0 Å². The van der Waals surface area contributed by atoms with Gasteiger partial charge in [0.05, 0.1) is 0 Å². The Labute approximate surface area is 74.3 Å². The standard InChI is InChI=1S/C8H9BrN2/c1-2-7(10)6-3-4-11-8(9)5-6/h2-5,7H,1,10H2/t7-/m1/s1. The van der Waals surface area contributed by atoms with Crippen molar-refractivity contribution in [3.05, 3.63) is 41.2 Å². The van der Waals surface area contributed by atoms with Crippen LogP contribution in [0.2, 0.25) is 0 Å². The van der Waals surface area contributed by atoms with Gasteiger partial charge >= 0.3 is 0 Å². The van der Waals surface area contributed by atoms with Crippen molar-refractivity contribution in [2.45, 2.75) is 6.04 Å². The van der Waals surface area contributed by atoms with Gasteiger partial charge in [-0.1, -0.05) is 6.08 Å². The molecule has 1 rings (SSSR count). The highest BCUT2D eigenvalue weighted by Crippen LogP contribution is 2.14. The van der Waals surface area contributed by atoms with E-state index in [-0.39, 0.29) is 6.04 Å². The van der Waals surface area contributed by atoms with Gasteiger partial charge in [0.25, 0.3) is 0 Å². The first-order valence-electron chi connectivity index (χ1n) is 3.23. The third-order valence-electron chi connectivity index (χ3n) is 1.39. The average Bonchev–Trinajstić information content (AvgIpc) is 2.03.